The van der Waals surface area contributed by atoms with Crippen LogP contribution in [0.3, 0.4) is 0 Å². The summed E-state index contributed by atoms with van der Waals surface area (Å²) >= 11 is 1.29. The Kier molecular flexibility index (Phi) is 6.56. The van der Waals surface area contributed by atoms with Crippen molar-refractivity contribution in [2.75, 3.05) is 32.6 Å². The fourth-order valence-electron chi connectivity index (χ4n) is 3.18. The molecule has 0 spiro atoms. The van der Waals surface area contributed by atoms with Gasteiger partial charge < -0.3 is 19.1 Å². The number of tetrazole rings is 1. The zero-order chi connectivity index (χ0) is 21.6. The molecule has 9 nitrogen and oxygen atoms in total. The van der Waals surface area contributed by atoms with Gasteiger partial charge in [-0.1, -0.05) is 23.9 Å². The largest absolute Gasteiger partial charge is 0.497 e. The zero-order valence-corrected chi connectivity index (χ0v) is 18.1. The number of amides is 1. The van der Waals surface area contributed by atoms with Gasteiger partial charge in [-0.3, -0.25) is 4.79 Å². The number of benzene rings is 2. The number of hydrogen-bond acceptors (Lipinski definition) is 8. The van der Waals surface area contributed by atoms with E-state index >= 15 is 0 Å². The van der Waals surface area contributed by atoms with E-state index in [0.29, 0.717) is 30.6 Å². The molecule has 0 saturated carbocycles. The Morgan fingerprint density at radius 2 is 2.00 bits per heavy atom. The summed E-state index contributed by atoms with van der Waals surface area (Å²) in [6.07, 6.45) is -0.214. The van der Waals surface area contributed by atoms with Crippen molar-refractivity contribution in [1.29, 1.82) is 0 Å². The predicted molar refractivity (Wildman–Crippen MR) is 115 cm³/mol. The molecule has 1 aliphatic heterocycles. The summed E-state index contributed by atoms with van der Waals surface area (Å²) in [6, 6.07) is 14.9. The Morgan fingerprint density at radius 3 is 2.74 bits per heavy atom. The molecule has 1 aromatic heterocycles. The maximum atomic E-state index is 12.8. The van der Waals surface area contributed by atoms with E-state index in [0.717, 1.165) is 17.2 Å². The van der Waals surface area contributed by atoms with Gasteiger partial charge in [0.15, 0.2) is 17.6 Å². The summed E-state index contributed by atoms with van der Waals surface area (Å²) in [7, 11) is 1.61. The summed E-state index contributed by atoms with van der Waals surface area (Å²) in [5.41, 5.74) is 0.791. The molecule has 31 heavy (non-hydrogen) atoms. The first-order valence-electron chi connectivity index (χ1n) is 9.89. The standard InChI is InChI=1S/C21H23N5O4S/c1-3-25(12-17-13-29-18-6-4-5-7-19(18)30-17)20(27)14-31-21-22-23-24-26(21)15-8-10-16(28-2)11-9-15/h4-11,17H,3,12-14H2,1-2H3. The van der Waals surface area contributed by atoms with E-state index in [1.165, 1.54) is 11.8 Å². The number of aromatic nitrogens is 4. The molecule has 1 amide bonds. The molecule has 3 aromatic rings. The highest BCUT2D eigenvalue weighted by Gasteiger charge is 2.25. The van der Waals surface area contributed by atoms with Crippen molar-refractivity contribution in [2.24, 2.45) is 0 Å². The van der Waals surface area contributed by atoms with Crippen LogP contribution in [0.2, 0.25) is 0 Å². The zero-order valence-electron chi connectivity index (χ0n) is 17.3. The molecule has 0 saturated heterocycles. The summed E-state index contributed by atoms with van der Waals surface area (Å²) in [5.74, 6) is 2.38. The van der Waals surface area contributed by atoms with Crippen molar-refractivity contribution in [2.45, 2.75) is 18.2 Å². The lowest BCUT2D eigenvalue weighted by atomic mass is 10.2. The second-order valence-corrected chi connectivity index (χ2v) is 7.73. The van der Waals surface area contributed by atoms with Crippen LogP contribution in [0.4, 0.5) is 0 Å². The molecule has 10 heteroatoms. The van der Waals surface area contributed by atoms with Crippen LogP contribution in [-0.4, -0.2) is 69.7 Å². The average Bonchev–Trinajstić information content (AvgIpc) is 3.29. The van der Waals surface area contributed by atoms with Crippen molar-refractivity contribution < 1.29 is 19.0 Å². The number of hydrogen-bond donors (Lipinski definition) is 0. The Hall–Kier alpha value is -3.27. The lowest BCUT2D eigenvalue weighted by Crippen LogP contribution is -2.44. The quantitative estimate of drug-likeness (QED) is 0.493. The molecule has 0 N–H and O–H groups in total. The fourth-order valence-corrected chi connectivity index (χ4v) is 3.97. The third-order valence-electron chi connectivity index (χ3n) is 4.81. The van der Waals surface area contributed by atoms with Crippen LogP contribution in [0.5, 0.6) is 17.2 Å². The van der Waals surface area contributed by atoms with Crippen LogP contribution in [0.15, 0.2) is 53.7 Å². The average molecular weight is 442 g/mol. The van der Waals surface area contributed by atoms with E-state index in [1.807, 2.05) is 55.5 Å². The van der Waals surface area contributed by atoms with Crippen LogP contribution in [0.1, 0.15) is 6.92 Å². The maximum absolute atomic E-state index is 12.8. The molecule has 0 bridgehead atoms. The van der Waals surface area contributed by atoms with Gasteiger partial charge in [0.25, 0.3) is 0 Å². The number of fused-ring (bicyclic) bond motifs is 1. The molecule has 0 fully saturated rings. The van der Waals surface area contributed by atoms with Gasteiger partial charge >= 0.3 is 0 Å². The van der Waals surface area contributed by atoms with E-state index in [-0.39, 0.29) is 17.8 Å². The number of methoxy groups -OCH3 is 1. The molecule has 0 aliphatic carbocycles. The van der Waals surface area contributed by atoms with E-state index < -0.39 is 0 Å². The predicted octanol–water partition coefficient (Wildman–Crippen LogP) is 2.45. The molecule has 2 heterocycles. The molecule has 1 aliphatic rings. The van der Waals surface area contributed by atoms with E-state index in [9.17, 15) is 4.79 Å². The molecule has 1 atom stereocenters. The van der Waals surface area contributed by atoms with E-state index in [1.54, 1.807) is 16.7 Å². The lowest BCUT2D eigenvalue weighted by molar-refractivity contribution is -0.129. The fraction of sp³-hybridized carbons (Fsp3) is 0.333. The maximum Gasteiger partial charge on any atom is 0.233 e. The number of nitrogens with zero attached hydrogens (tertiary/aromatic N) is 5. The first-order chi connectivity index (χ1) is 15.2. The van der Waals surface area contributed by atoms with Crippen LogP contribution >= 0.6 is 11.8 Å². The van der Waals surface area contributed by atoms with E-state index in [4.69, 9.17) is 14.2 Å². The van der Waals surface area contributed by atoms with Crippen LogP contribution < -0.4 is 14.2 Å². The third-order valence-corrected chi connectivity index (χ3v) is 5.71. The molecule has 0 radical (unpaired) electrons. The monoisotopic (exact) mass is 441 g/mol. The van der Waals surface area contributed by atoms with Crippen LogP contribution in [0.25, 0.3) is 5.69 Å². The summed E-state index contributed by atoms with van der Waals surface area (Å²) in [6.45, 7) is 3.38. The van der Waals surface area contributed by atoms with E-state index in [2.05, 4.69) is 15.5 Å². The van der Waals surface area contributed by atoms with Gasteiger partial charge in [0, 0.05) is 6.54 Å². The number of carbonyl (C=O) groups is 1. The Labute approximate surface area is 184 Å². The van der Waals surface area contributed by atoms with Gasteiger partial charge in [0.2, 0.25) is 11.1 Å². The number of ether oxygens (including phenoxy) is 3. The highest BCUT2D eigenvalue weighted by molar-refractivity contribution is 7.99. The molecule has 162 valence electrons. The van der Waals surface area contributed by atoms with Crippen molar-refractivity contribution in [1.82, 2.24) is 25.1 Å². The van der Waals surface area contributed by atoms with Gasteiger partial charge in [-0.15, -0.1) is 5.10 Å². The molecule has 2 aromatic carbocycles. The SMILES string of the molecule is CCN(CC1COc2ccccc2O1)C(=O)CSc1nnnn1-c1ccc(OC)cc1. The highest BCUT2D eigenvalue weighted by atomic mass is 32.2. The number of rotatable bonds is 8. The molecular formula is C21H23N5O4S. The Bertz CT molecular complexity index is 1030. The first-order valence-corrected chi connectivity index (χ1v) is 10.9. The van der Waals surface area contributed by atoms with Gasteiger partial charge in [0.1, 0.15) is 12.4 Å². The topological polar surface area (TPSA) is 91.6 Å². The smallest absolute Gasteiger partial charge is 0.233 e. The van der Waals surface area contributed by atoms with Crippen molar-refractivity contribution in [3.05, 3.63) is 48.5 Å². The lowest BCUT2D eigenvalue weighted by Gasteiger charge is -2.30. The second kappa shape index (κ2) is 9.69. The number of para-hydroxylation sites is 2. The van der Waals surface area contributed by atoms with Crippen LogP contribution in [-0.2, 0) is 4.79 Å². The third kappa shape index (κ3) is 4.91. The molecular weight excluding hydrogens is 418 g/mol. The van der Waals surface area contributed by atoms with Crippen LogP contribution in [0, 0.1) is 0 Å². The van der Waals surface area contributed by atoms with Gasteiger partial charge in [-0.2, -0.15) is 4.68 Å². The number of likely N-dealkylation sites (N-methyl/N-ethyl adjacent to an activating group) is 1. The Morgan fingerprint density at radius 1 is 1.23 bits per heavy atom. The number of thioether (sulfide) groups is 1. The second-order valence-electron chi connectivity index (χ2n) is 6.79. The first kappa shape index (κ1) is 21.0. The van der Waals surface area contributed by atoms with Gasteiger partial charge in [0.05, 0.1) is 25.1 Å². The summed E-state index contributed by atoms with van der Waals surface area (Å²) in [5, 5.41) is 12.4. The minimum Gasteiger partial charge on any atom is -0.497 e. The highest BCUT2D eigenvalue weighted by Crippen LogP contribution is 2.31. The Balaban J connectivity index is 1.35. The summed E-state index contributed by atoms with van der Waals surface area (Å²) in [4.78, 5) is 14.6. The van der Waals surface area contributed by atoms with Gasteiger partial charge in [-0.25, -0.2) is 0 Å². The summed E-state index contributed by atoms with van der Waals surface area (Å²) < 4.78 is 18.5. The van der Waals surface area contributed by atoms with Crippen molar-refractivity contribution in [3.63, 3.8) is 0 Å². The minimum atomic E-state index is -0.214. The minimum absolute atomic E-state index is 0.0146. The molecule has 1 unspecified atom stereocenters. The van der Waals surface area contributed by atoms with Gasteiger partial charge in [-0.05, 0) is 53.7 Å². The normalized spacial score (nSPS) is 14.8. The van der Waals surface area contributed by atoms with Crippen molar-refractivity contribution in [3.8, 4) is 22.9 Å². The number of carbonyl (C=O) groups excluding carboxylic acids is 1. The van der Waals surface area contributed by atoms with Crippen molar-refractivity contribution >= 4 is 17.7 Å². The molecule has 4 rings (SSSR count).